The number of ether oxygens (including phenoxy) is 1. The number of para-hydroxylation sites is 1. The zero-order valence-corrected chi connectivity index (χ0v) is 10.8. The van der Waals surface area contributed by atoms with E-state index in [4.69, 9.17) is 4.74 Å². The summed E-state index contributed by atoms with van der Waals surface area (Å²) in [4.78, 5) is 4.55. The highest BCUT2D eigenvalue weighted by Crippen LogP contribution is 2.30. The van der Waals surface area contributed by atoms with Crippen molar-refractivity contribution in [2.75, 3.05) is 12.4 Å². The largest absolute Gasteiger partial charge is 0.382 e. The highest BCUT2D eigenvalue weighted by atomic mass is 16.5. The van der Waals surface area contributed by atoms with E-state index in [-0.39, 0.29) is 0 Å². The van der Waals surface area contributed by atoms with E-state index in [9.17, 15) is 0 Å². The molecule has 94 valence electrons. The predicted molar refractivity (Wildman–Crippen MR) is 73.9 cm³/mol. The molecule has 0 radical (unpaired) electrons. The molecule has 3 heteroatoms. The molecule has 0 saturated heterocycles. The third-order valence-electron chi connectivity index (χ3n) is 3.63. The van der Waals surface area contributed by atoms with Gasteiger partial charge in [-0.1, -0.05) is 18.2 Å². The van der Waals surface area contributed by atoms with E-state index in [2.05, 4.69) is 34.6 Å². The number of hydrogen-bond donors (Lipinski definition) is 1. The summed E-state index contributed by atoms with van der Waals surface area (Å²) in [5.41, 5.74) is 3.30. The summed E-state index contributed by atoms with van der Waals surface area (Å²) in [7, 11) is 1.78. The van der Waals surface area contributed by atoms with Gasteiger partial charge in [0.1, 0.15) is 0 Å². The summed E-state index contributed by atoms with van der Waals surface area (Å²) < 4.78 is 5.31. The van der Waals surface area contributed by atoms with Crippen LogP contribution in [0.1, 0.15) is 18.5 Å². The fraction of sp³-hybridized carbons (Fsp3) is 0.400. The van der Waals surface area contributed by atoms with Gasteiger partial charge in [0.15, 0.2) is 0 Å². The fourth-order valence-electron chi connectivity index (χ4n) is 2.52. The summed E-state index contributed by atoms with van der Waals surface area (Å²) in [6, 6.07) is 10.9. The van der Waals surface area contributed by atoms with Crippen molar-refractivity contribution < 1.29 is 4.74 Å². The first-order valence-corrected chi connectivity index (χ1v) is 6.42. The Hall–Kier alpha value is -1.61. The van der Waals surface area contributed by atoms with Crippen LogP contribution in [-0.2, 0) is 4.74 Å². The van der Waals surface area contributed by atoms with Crippen molar-refractivity contribution in [2.24, 2.45) is 0 Å². The Bertz CT molecular complexity index is 561. The lowest BCUT2D eigenvalue weighted by molar-refractivity contribution is 0.0329. The van der Waals surface area contributed by atoms with Gasteiger partial charge in [-0.3, -0.25) is 4.98 Å². The number of aromatic nitrogens is 1. The maximum Gasteiger partial charge on any atom is 0.0725 e. The van der Waals surface area contributed by atoms with E-state index in [0.29, 0.717) is 12.1 Å². The Morgan fingerprint density at radius 2 is 2.06 bits per heavy atom. The normalized spacial score (nSPS) is 22.8. The Kier molecular flexibility index (Phi) is 2.92. The minimum Gasteiger partial charge on any atom is -0.382 e. The quantitative estimate of drug-likeness (QED) is 0.898. The standard InChI is InChI=1S/C15H18N2O/c1-10-7-15(17-11-8-12(9-11)18-2)13-5-3-4-6-14(13)16-10/h3-7,11-12H,8-9H2,1-2H3,(H,16,17). The van der Waals surface area contributed by atoms with Crippen LogP contribution in [0.2, 0.25) is 0 Å². The van der Waals surface area contributed by atoms with Crippen LogP contribution in [0.25, 0.3) is 10.9 Å². The fourth-order valence-corrected chi connectivity index (χ4v) is 2.52. The lowest BCUT2D eigenvalue weighted by Gasteiger charge is -2.35. The summed E-state index contributed by atoms with van der Waals surface area (Å²) in [6.45, 7) is 2.04. The molecule has 3 rings (SSSR count). The number of pyridine rings is 1. The molecular formula is C15H18N2O. The van der Waals surface area contributed by atoms with Gasteiger partial charge in [0.05, 0.1) is 11.6 Å². The van der Waals surface area contributed by atoms with Gasteiger partial charge in [0.2, 0.25) is 0 Å². The average molecular weight is 242 g/mol. The molecule has 1 aromatic carbocycles. The first-order chi connectivity index (χ1) is 8.76. The zero-order valence-electron chi connectivity index (χ0n) is 10.8. The first kappa shape index (κ1) is 11.5. The smallest absolute Gasteiger partial charge is 0.0725 e. The van der Waals surface area contributed by atoms with Gasteiger partial charge in [0, 0.05) is 29.9 Å². The van der Waals surface area contributed by atoms with Crippen molar-refractivity contribution >= 4 is 16.6 Å². The molecule has 0 spiro atoms. The second-order valence-corrected chi connectivity index (χ2v) is 5.00. The lowest BCUT2D eigenvalue weighted by atomic mass is 9.89. The highest BCUT2D eigenvalue weighted by Gasteiger charge is 2.29. The summed E-state index contributed by atoms with van der Waals surface area (Å²) in [5.74, 6) is 0. The number of methoxy groups -OCH3 is 1. The van der Waals surface area contributed by atoms with Crippen molar-refractivity contribution in [1.29, 1.82) is 0 Å². The zero-order chi connectivity index (χ0) is 12.5. The van der Waals surface area contributed by atoms with Crippen molar-refractivity contribution in [1.82, 2.24) is 4.98 Å². The van der Waals surface area contributed by atoms with E-state index in [1.165, 1.54) is 11.1 Å². The second kappa shape index (κ2) is 4.58. The van der Waals surface area contributed by atoms with E-state index >= 15 is 0 Å². The van der Waals surface area contributed by atoms with Crippen LogP contribution in [0.4, 0.5) is 5.69 Å². The minimum atomic E-state index is 0.427. The van der Waals surface area contributed by atoms with Crippen molar-refractivity contribution in [3.63, 3.8) is 0 Å². The van der Waals surface area contributed by atoms with Crippen LogP contribution in [0.15, 0.2) is 30.3 Å². The summed E-state index contributed by atoms with van der Waals surface area (Å²) in [6.07, 6.45) is 2.61. The maximum atomic E-state index is 5.31. The average Bonchev–Trinajstić information content (AvgIpc) is 2.32. The molecule has 0 atom stereocenters. The number of fused-ring (bicyclic) bond motifs is 1. The van der Waals surface area contributed by atoms with Gasteiger partial charge in [-0.25, -0.2) is 0 Å². The highest BCUT2D eigenvalue weighted by molar-refractivity contribution is 5.91. The van der Waals surface area contributed by atoms with Crippen LogP contribution in [0.5, 0.6) is 0 Å². The molecule has 1 aromatic heterocycles. The van der Waals surface area contributed by atoms with Gasteiger partial charge in [-0.2, -0.15) is 0 Å². The number of rotatable bonds is 3. The predicted octanol–water partition coefficient (Wildman–Crippen LogP) is 3.13. The molecule has 1 aliphatic carbocycles. The van der Waals surface area contributed by atoms with E-state index < -0.39 is 0 Å². The molecule has 18 heavy (non-hydrogen) atoms. The van der Waals surface area contributed by atoms with Gasteiger partial charge in [0.25, 0.3) is 0 Å². The van der Waals surface area contributed by atoms with Gasteiger partial charge >= 0.3 is 0 Å². The number of aryl methyl sites for hydroxylation is 1. The number of nitrogens with one attached hydrogen (secondary N) is 1. The summed E-state index contributed by atoms with van der Waals surface area (Å²) in [5, 5.41) is 4.80. The Labute approximate surface area is 107 Å². The molecule has 0 bridgehead atoms. The van der Waals surface area contributed by atoms with Crippen molar-refractivity contribution in [2.45, 2.75) is 31.9 Å². The number of benzene rings is 1. The molecule has 0 amide bonds. The lowest BCUT2D eigenvalue weighted by Crippen LogP contribution is -2.40. The number of anilines is 1. The molecule has 1 aliphatic rings. The monoisotopic (exact) mass is 242 g/mol. The Balaban J connectivity index is 1.87. The molecule has 0 unspecified atom stereocenters. The third kappa shape index (κ3) is 2.06. The Morgan fingerprint density at radius 1 is 1.28 bits per heavy atom. The van der Waals surface area contributed by atoms with Crippen LogP contribution < -0.4 is 5.32 Å². The topological polar surface area (TPSA) is 34.1 Å². The van der Waals surface area contributed by atoms with Crippen LogP contribution in [0.3, 0.4) is 0 Å². The van der Waals surface area contributed by atoms with Gasteiger partial charge in [-0.15, -0.1) is 0 Å². The molecule has 0 aliphatic heterocycles. The first-order valence-electron chi connectivity index (χ1n) is 6.42. The van der Waals surface area contributed by atoms with Crippen LogP contribution in [-0.4, -0.2) is 24.2 Å². The van der Waals surface area contributed by atoms with Crippen molar-refractivity contribution in [3.05, 3.63) is 36.0 Å². The summed E-state index contributed by atoms with van der Waals surface area (Å²) >= 11 is 0. The molecule has 1 heterocycles. The maximum absolute atomic E-state index is 5.31. The molecule has 1 N–H and O–H groups in total. The molecule has 2 aromatic rings. The minimum absolute atomic E-state index is 0.427. The molecule has 3 nitrogen and oxygen atoms in total. The van der Waals surface area contributed by atoms with Crippen molar-refractivity contribution in [3.8, 4) is 0 Å². The van der Waals surface area contributed by atoms with E-state index in [0.717, 1.165) is 24.1 Å². The van der Waals surface area contributed by atoms with Crippen LogP contribution in [0, 0.1) is 6.92 Å². The number of nitrogens with zero attached hydrogens (tertiary/aromatic N) is 1. The molecular weight excluding hydrogens is 224 g/mol. The molecule has 1 fully saturated rings. The SMILES string of the molecule is COC1CC(Nc2cc(C)nc3ccccc23)C1. The van der Waals surface area contributed by atoms with E-state index in [1.807, 2.05) is 13.0 Å². The van der Waals surface area contributed by atoms with Gasteiger partial charge < -0.3 is 10.1 Å². The van der Waals surface area contributed by atoms with E-state index in [1.54, 1.807) is 7.11 Å². The third-order valence-corrected chi connectivity index (χ3v) is 3.63. The Morgan fingerprint density at radius 3 is 2.83 bits per heavy atom. The van der Waals surface area contributed by atoms with Crippen LogP contribution >= 0.6 is 0 Å². The van der Waals surface area contributed by atoms with Gasteiger partial charge in [-0.05, 0) is 31.9 Å². The molecule has 1 saturated carbocycles. The number of hydrogen-bond acceptors (Lipinski definition) is 3. The second-order valence-electron chi connectivity index (χ2n) is 5.00.